The third-order valence-corrected chi connectivity index (χ3v) is 3.49. The summed E-state index contributed by atoms with van der Waals surface area (Å²) >= 11 is 0. The number of hydrogen-bond donors (Lipinski definition) is 1. The molecule has 2 aliphatic rings. The molecule has 2 fully saturated rings. The van der Waals surface area contributed by atoms with Crippen LogP contribution in [0.5, 0.6) is 0 Å². The quantitative estimate of drug-likeness (QED) is 0.723. The summed E-state index contributed by atoms with van der Waals surface area (Å²) in [6.07, 6.45) is 2.60. The van der Waals surface area contributed by atoms with Crippen LogP contribution in [0.1, 0.15) is 19.8 Å². The summed E-state index contributed by atoms with van der Waals surface area (Å²) in [6.45, 7) is 9.10. The fourth-order valence-electron chi connectivity index (χ4n) is 2.37. The van der Waals surface area contributed by atoms with Crippen molar-refractivity contribution < 1.29 is 4.74 Å². The number of ether oxygens (including phenoxy) is 1. The van der Waals surface area contributed by atoms with E-state index in [1.54, 1.807) is 0 Å². The first-order valence-corrected chi connectivity index (χ1v) is 5.89. The normalized spacial score (nSPS) is 34.9. The first-order valence-electron chi connectivity index (χ1n) is 5.89. The van der Waals surface area contributed by atoms with Gasteiger partial charge in [-0.15, -0.1) is 0 Å². The Labute approximate surface area is 86.8 Å². The van der Waals surface area contributed by atoms with Gasteiger partial charge in [0.2, 0.25) is 0 Å². The molecule has 3 nitrogen and oxygen atoms in total. The van der Waals surface area contributed by atoms with E-state index in [9.17, 15) is 0 Å². The Bertz CT molecular complexity index is 169. The second-order valence-electron chi connectivity index (χ2n) is 4.61. The molecular weight excluding hydrogens is 176 g/mol. The van der Waals surface area contributed by atoms with Crippen LogP contribution in [-0.2, 0) is 4.74 Å². The largest absolute Gasteiger partial charge is 0.381 e. The molecule has 2 rings (SSSR count). The summed E-state index contributed by atoms with van der Waals surface area (Å²) < 4.78 is 5.39. The van der Waals surface area contributed by atoms with Gasteiger partial charge in [-0.2, -0.15) is 0 Å². The second kappa shape index (κ2) is 5.10. The topological polar surface area (TPSA) is 24.5 Å². The highest BCUT2D eigenvalue weighted by molar-refractivity contribution is 4.77. The molecule has 0 amide bonds. The zero-order chi connectivity index (χ0) is 9.80. The van der Waals surface area contributed by atoms with Gasteiger partial charge in [-0.1, -0.05) is 0 Å². The van der Waals surface area contributed by atoms with E-state index in [4.69, 9.17) is 4.74 Å². The highest BCUT2D eigenvalue weighted by Gasteiger charge is 2.20. The predicted molar refractivity (Wildman–Crippen MR) is 57.4 cm³/mol. The number of rotatable bonds is 3. The molecule has 0 aliphatic carbocycles. The van der Waals surface area contributed by atoms with Crippen molar-refractivity contribution in [2.45, 2.75) is 25.8 Å². The van der Waals surface area contributed by atoms with Gasteiger partial charge in [-0.3, -0.25) is 4.90 Å². The van der Waals surface area contributed by atoms with Gasteiger partial charge in [-0.25, -0.2) is 0 Å². The lowest BCUT2D eigenvalue weighted by Crippen LogP contribution is -2.50. The van der Waals surface area contributed by atoms with Crippen LogP contribution >= 0.6 is 0 Å². The van der Waals surface area contributed by atoms with Crippen LogP contribution in [0, 0.1) is 5.92 Å². The van der Waals surface area contributed by atoms with Gasteiger partial charge in [0, 0.05) is 38.9 Å². The summed E-state index contributed by atoms with van der Waals surface area (Å²) in [5.41, 5.74) is 0. The molecule has 3 heteroatoms. The molecule has 0 radical (unpaired) electrons. The van der Waals surface area contributed by atoms with E-state index in [2.05, 4.69) is 17.1 Å². The number of nitrogens with one attached hydrogen (secondary N) is 1. The maximum atomic E-state index is 5.39. The van der Waals surface area contributed by atoms with Crippen LogP contribution in [0.3, 0.4) is 0 Å². The van der Waals surface area contributed by atoms with E-state index >= 15 is 0 Å². The molecule has 0 aromatic rings. The molecule has 82 valence electrons. The smallest absolute Gasteiger partial charge is 0.0495 e. The van der Waals surface area contributed by atoms with Crippen molar-refractivity contribution >= 4 is 0 Å². The van der Waals surface area contributed by atoms with Crippen LogP contribution < -0.4 is 5.32 Å². The molecule has 1 unspecified atom stereocenters. The summed E-state index contributed by atoms with van der Waals surface area (Å²) in [6, 6.07) is 0.714. The fraction of sp³-hybridized carbons (Fsp3) is 1.00. The van der Waals surface area contributed by atoms with Gasteiger partial charge < -0.3 is 10.1 Å². The Kier molecular flexibility index (Phi) is 3.79. The second-order valence-corrected chi connectivity index (χ2v) is 4.61. The number of nitrogens with zero attached hydrogens (tertiary/aromatic N) is 1. The van der Waals surface area contributed by atoms with E-state index in [1.165, 1.54) is 25.9 Å². The van der Waals surface area contributed by atoms with Crippen molar-refractivity contribution in [3.05, 3.63) is 0 Å². The van der Waals surface area contributed by atoms with Crippen molar-refractivity contribution in [2.75, 3.05) is 39.4 Å². The van der Waals surface area contributed by atoms with Crippen LogP contribution in [-0.4, -0.2) is 50.3 Å². The molecule has 2 atom stereocenters. The van der Waals surface area contributed by atoms with Gasteiger partial charge in [0.1, 0.15) is 0 Å². The van der Waals surface area contributed by atoms with Crippen molar-refractivity contribution in [2.24, 2.45) is 5.92 Å². The number of piperazine rings is 1. The van der Waals surface area contributed by atoms with E-state index in [0.717, 1.165) is 32.2 Å². The van der Waals surface area contributed by atoms with E-state index in [1.807, 2.05) is 0 Å². The van der Waals surface area contributed by atoms with Gasteiger partial charge in [-0.05, 0) is 32.2 Å². The van der Waals surface area contributed by atoms with E-state index in [-0.39, 0.29) is 0 Å². The Morgan fingerprint density at radius 1 is 1.50 bits per heavy atom. The van der Waals surface area contributed by atoms with E-state index in [0.29, 0.717) is 6.04 Å². The molecule has 2 aliphatic heterocycles. The standard InChI is InChI=1S/C11H22N2O/c1-10-8-12-4-6-13(10)5-2-11-3-7-14-9-11/h10-12H,2-9H2,1H3/t10-,11?/m1/s1. The minimum atomic E-state index is 0.714. The minimum absolute atomic E-state index is 0.714. The molecule has 0 bridgehead atoms. The van der Waals surface area contributed by atoms with Crippen molar-refractivity contribution in [3.8, 4) is 0 Å². The number of hydrogen-bond acceptors (Lipinski definition) is 3. The summed E-state index contributed by atoms with van der Waals surface area (Å²) in [7, 11) is 0. The van der Waals surface area contributed by atoms with Gasteiger partial charge >= 0.3 is 0 Å². The van der Waals surface area contributed by atoms with Crippen LogP contribution in [0.15, 0.2) is 0 Å². The lowest BCUT2D eigenvalue weighted by atomic mass is 10.0. The molecule has 2 heterocycles. The summed E-state index contributed by atoms with van der Waals surface area (Å²) in [5.74, 6) is 0.831. The summed E-state index contributed by atoms with van der Waals surface area (Å²) in [4.78, 5) is 2.61. The molecular formula is C11H22N2O. The van der Waals surface area contributed by atoms with E-state index < -0.39 is 0 Å². The maximum Gasteiger partial charge on any atom is 0.0495 e. The van der Waals surface area contributed by atoms with Crippen molar-refractivity contribution in [1.29, 1.82) is 0 Å². The molecule has 0 saturated carbocycles. The third-order valence-electron chi connectivity index (χ3n) is 3.49. The van der Waals surface area contributed by atoms with Crippen molar-refractivity contribution in [3.63, 3.8) is 0 Å². The van der Waals surface area contributed by atoms with Crippen molar-refractivity contribution in [1.82, 2.24) is 10.2 Å². The lowest BCUT2D eigenvalue weighted by Gasteiger charge is -2.34. The first-order chi connectivity index (χ1) is 6.86. The zero-order valence-electron chi connectivity index (χ0n) is 9.17. The molecule has 1 N–H and O–H groups in total. The average Bonchev–Trinajstić information content (AvgIpc) is 2.69. The van der Waals surface area contributed by atoms with Gasteiger partial charge in [0.25, 0.3) is 0 Å². The Hall–Kier alpha value is -0.120. The van der Waals surface area contributed by atoms with Gasteiger partial charge in [0.15, 0.2) is 0 Å². The highest BCUT2D eigenvalue weighted by Crippen LogP contribution is 2.17. The molecule has 2 saturated heterocycles. The molecule has 14 heavy (non-hydrogen) atoms. The monoisotopic (exact) mass is 198 g/mol. The Balaban J connectivity index is 1.67. The van der Waals surface area contributed by atoms with Gasteiger partial charge in [0.05, 0.1) is 0 Å². The maximum absolute atomic E-state index is 5.39. The Morgan fingerprint density at radius 3 is 3.14 bits per heavy atom. The zero-order valence-corrected chi connectivity index (χ0v) is 9.17. The van der Waals surface area contributed by atoms with Crippen LogP contribution in [0.4, 0.5) is 0 Å². The molecule has 0 aromatic carbocycles. The molecule has 0 spiro atoms. The first kappa shape index (κ1) is 10.4. The van der Waals surface area contributed by atoms with Crippen LogP contribution in [0.2, 0.25) is 0 Å². The SMILES string of the molecule is C[C@@H]1CNCCN1CCC1CCOC1. The lowest BCUT2D eigenvalue weighted by molar-refractivity contribution is 0.151. The summed E-state index contributed by atoms with van der Waals surface area (Å²) in [5, 5.41) is 3.43. The Morgan fingerprint density at radius 2 is 2.43 bits per heavy atom. The fourth-order valence-corrected chi connectivity index (χ4v) is 2.37. The third kappa shape index (κ3) is 2.69. The average molecular weight is 198 g/mol. The van der Waals surface area contributed by atoms with Crippen LogP contribution in [0.25, 0.3) is 0 Å². The molecule has 0 aromatic heterocycles. The minimum Gasteiger partial charge on any atom is -0.381 e. The predicted octanol–water partition coefficient (Wildman–Crippen LogP) is 0.707. The highest BCUT2D eigenvalue weighted by atomic mass is 16.5.